The first-order valence-electron chi connectivity index (χ1n) is 7.24. The molecule has 0 aromatic carbocycles. The maximum absolute atomic E-state index is 11.7. The Morgan fingerprint density at radius 2 is 1.89 bits per heavy atom. The Bertz CT molecular complexity index is 321. The molecule has 1 aliphatic carbocycles. The summed E-state index contributed by atoms with van der Waals surface area (Å²) in [7, 11) is 0. The maximum Gasteiger partial charge on any atom is 0.308 e. The lowest BCUT2D eigenvalue weighted by Crippen LogP contribution is -2.38. The Labute approximate surface area is 113 Å². The van der Waals surface area contributed by atoms with E-state index in [1.54, 1.807) is 0 Å². The lowest BCUT2D eigenvalue weighted by molar-refractivity contribution is -0.145. The highest BCUT2D eigenvalue weighted by molar-refractivity contribution is 5.77. The third-order valence-corrected chi connectivity index (χ3v) is 4.15. The highest BCUT2D eigenvalue weighted by Crippen LogP contribution is 2.33. The number of hydrogen-bond donors (Lipinski definition) is 2. The highest BCUT2D eigenvalue weighted by atomic mass is 16.5. The molecule has 2 aliphatic rings. The van der Waals surface area contributed by atoms with Gasteiger partial charge in [-0.3, -0.25) is 9.59 Å². The molecule has 1 unspecified atom stereocenters. The molecular formula is C14H23NO4. The van der Waals surface area contributed by atoms with E-state index in [0.717, 1.165) is 25.2 Å². The molecule has 1 atom stereocenters. The molecule has 0 spiro atoms. The fourth-order valence-electron chi connectivity index (χ4n) is 2.63. The van der Waals surface area contributed by atoms with Crippen molar-refractivity contribution in [1.82, 2.24) is 5.32 Å². The van der Waals surface area contributed by atoms with Crippen molar-refractivity contribution in [3.63, 3.8) is 0 Å². The monoisotopic (exact) mass is 269 g/mol. The van der Waals surface area contributed by atoms with Crippen LogP contribution in [0.15, 0.2) is 0 Å². The molecule has 0 aromatic heterocycles. The van der Waals surface area contributed by atoms with Gasteiger partial charge in [-0.15, -0.1) is 0 Å². The first kappa shape index (κ1) is 14.3. The minimum atomic E-state index is -0.811. The van der Waals surface area contributed by atoms with E-state index in [1.165, 1.54) is 12.8 Å². The van der Waals surface area contributed by atoms with Gasteiger partial charge in [0.05, 0.1) is 5.92 Å². The Morgan fingerprint density at radius 1 is 1.21 bits per heavy atom. The summed E-state index contributed by atoms with van der Waals surface area (Å²) in [6.45, 7) is 1.51. The highest BCUT2D eigenvalue weighted by Gasteiger charge is 2.30. The number of carboxylic acids is 1. The zero-order valence-electron chi connectivity index (χ0n) is 11.3. The van der Waals surface area contributed by atoms with Gasteiger partial charge in [0.25, 0.3) is 0 Å². The van der Waals surface area contributed by atoms with E-state index in [-0.39, 0.29) is 18.4 Å². The van der Waals surface area contributed by atoms with Gasteiger partial charge in [0, 0.05) is 26.2 Å². The van der Waals surface area contributed by atoms with Crippen LogP contribution in [0.5, 0.6) is 0 Å². The molecular weight excluding hydrogens is 246 g/mol. The van der Waals surface area contributed by atoms with Crippen molar-refractivity contribution < 1.29 is 19.4 Å². The Morgan fingerprint density at radius 3 is 2.47 bits per heavy atom. The number of amides is 1. The number of carbonyl (C=O) groups is 2. The number of aliphatic carboxylic acids is 1. The second kappa shape index (κ2) is 6.89. The standard InChI is InChI=1S/C14H23NO4/c16-13(4-3-10-1-2-10)15-9-12(14(17)18)11-5-7-19-8-6-11/h10-12H,1-9H2,(H,15,16)(H,17,18). The van der Waals surface area contributed by atoms with Crippen molar-refractivity contribution in [1.29, 1.82) is 0 Å². The summed E-state index contributed by atoms with van der Waals surface area (Å²) in [5, 5.41) is 12.1. The fourth-order valence-corrected chi connectivity index (χ4v) is 2.63. The van der Waals surface area contributed by atoms with E-state index in [1.807, 2.05) is 0 Å². The summed E-state index contributed by atoms with van der Waals surface area (Å²) in [6, 6.07) is 0. The molecule has 1 heterocycles. The second-order valence-electron chi connectivity index (χ2n) is 5.68. The smallest absolute Gasteiger partial charge is 0.308 e. The van der Waals surface area contributed by atoms with E-state index >= 15 is 0 Å². The maximum atomic E-state index is 11.7. The van der Waals surface area contributed by atoms with E-state index < -0.39 is 11.9 Å². The van der Waals surface area contributed by atoms with Crippen molar-refractivity contribution in [2.24, 2.45) is 17.8 Å². The molecule has 2 fully saturated rings. The number of carbonyl (C=O) groups excluding carboxylic acids is 1. The summed E-state index contributed by atoms with van der Waals surface area (Å²) in [6.07, 6.45) is 5.51. The first-order valence-corrected chi connectivity index (χ1v) is 7.24. The average Bonchev–Trinajstić information content (AvgIpc) is 3.21. The molecule has 1 saturated heterocycles. The van der Waals surface area contributed by atoms with Crippen LogP contribution in [-0.4, -0.2) is 36.7 Å². The molecule has 19 heavy (non-hydrogen) atoms. The first-order chi connectivity index (χ1) is 9.16. The molecule has 5 heteroatoms. The van der Waals surface area contributed by atoms with Gasteiger partial charge in [0.1, 0.15) is 0 Å². The molecule has 0 radical (unpaired) electrons. The van der Waals surface area contributed by atoms with Crippen LogP contribution in [0.4, 0.5) is 0 Å². The van der Waals surface area contributed by atoms with Gasteiger partial charge in [-0.25, -0.2) is 0 Å². The molecule has 0 aromatic rings. The molecule has 2 N–H and O–H groups in total. The number of hydrogen-bond acceptors (Lipinski definition) is 3. The van der Waals surface area contributed by atoms with E-state index in [9.17, 15) is 14.7 Å². The predicted octanol–water partition coefficient (Wildman–Crippen LogP) is 1.42. The summed E-state index contributed by atoms with van der Waals surface area (Å²) >= 11 is 0. The molecule has 1 aliphatic heterocycles. The largest absolute Gasteiger partial charge is 0.481 e. The van der Waals surface area contributed by atoms with Crippen molar-refractivity contribution in [3.05, 3.63) is 0 Å². The van der Waals surface area contributed by atoms with Gasteiger partial charge in [-0.2, -0.15) is 0 Å². The molecule has 1 amide bonds. The van der Waals surface area contributed by atoms with Crippen LogP contribution in [-0.2, 0) is 14.3 Å². The zero-order chi connectivity index (χ0) is 13.7. The van der Waals surface area contributed by atoms with Gasteiger partial charge in [-0.1, -0.05) is 12.8 Å². The Hall–Kier alpha value is -1.10. The summed E-state index contributed by atoms with van der Waals surface area (Å²) in [5.41, 5.74) is 0. The van der Waals surface area contributed by atoms with Crippen molar-refractivity contribution in [2.45, 2.75) is 38.5 Å². The minimum Gasteiger partial charge on any atom is -0.481 e. The molecule has 1 saturated carbocycles. The lowest BCUT2D eigenvalue weighted by atomic mass is 9.86. The van der Waals surface area contributed by atoms with E-state index in [0.29, 0.717) is 19.6 Å². The Kier molecular flexibility index (Phi) is 5.19. The van der Waals surface area contributed by atoms with Crippen LogP contribution in [0.25, 0.3) is 0 Å². The molecule has 108 valence electrons. The number of rotatable bonds is 7. The predicted molar refractivity (Wildman–Crippen MR) is 69.6 cm³/mol. The summed E-state index contributed by atoms with van der Waals surface area (Å²) in [4.78, 5) is 23.0. The summed E-state index contributed by atoms with van der Waals surface area (Å²) in [5.74, 6) is -0.445. The SMILES string of the molecule is O=C(CCC1CC1)NCC(C(=O)O)C1CCOCC1. The third kappa shape index (κ3) is 4.82. The van der Waals surface area contributed by atoms with Crippen LogP contribution in [0.2, 0.25) is 0 Å². The van der Waals surface area contributed by atoms with Crippen molar-refractivity contribution in [3.8, 4) is 0 Å². The van der Waals surface area contributed by atoms with Crippen LogP contribution in [0.1, 0.15) is 38.5 Å². The quantitative estimate of drug-likeness (QED) is 0.733. The van der Waals surface area contributed by atoms with Crippen LogP contribution >= 0.6 is 0 Å². The van der Waals surface area contributed by atoms with Crippen LogP contribution < -0.4 is 5.32 Å². The third-order valence-electron chi connectivity index (χ3n) is 4.15. The average molecular weight is 269 g/mol. The number of carboxylic acid groups (broad SMARTS) is 1. The minimum absolute atomic E-state index is 0.00907. The van der Waals surface area contributed by atoms with Gasteiger partial charge < -0.3 is 15.2 Å². The van der Waals surface area contributed by atoms with E-state index in [4.69, 9.17) is 4.74 Å². The van der Waals surface area contributed by atoms with Gasteiger partial charge >= 0.3 is 5.97 Å². The normalized spacial score (nSPS) is 21.9. The van der Waals surface area contributed by atoms with Gasteiger partial charge in [0.2, 0.25) is 5.91 Å². The van der Waals surface area contributed by atoms with E-state index in [2.05, 4.69) is 5.32 Å². The molecule has 2 rings (SSSR count). The Balaban J connectivity index is 1.72. The number of ether oxygens (including phenoxy) is 1. The number of nitrogens with one attached hydrogen (secondary N) is 1. The van der Waals surface area contributed by atoms with Crippen LogP contribution in [0.3, 0.4) is 0 Å². The summed E-state index contributed by atoms with van der Waals surface area (Å²) < 4.78 is 5.25. The fraction of sp³-hybridized carbons (Fsp3) is 0.857. The molecule has 5 nitrogen and oxygen atoms in total. The van der Waals surface area contributed by atoms with Gasteiger partial charge in [-0.05, 0) is 31.1 Å². The van der Waals surface area contributed by atoms with Crippen LogP contribution in [0, 0.1) is 17.8 Å². The van der Waals surface area contributed by atoms with Crippen molar-refractivity contribution >= 4 is 11.9 Å². The lowest BCUT2D eigenvalue weighted by Gasteiger charge is -2.27. The molecule has 0 bridgehead atoms. The van der Waals surface area contributed by atoms with Crippen molar-refractivity contribution in [2.75, 3.05) is 19.8 Å². The second-order valence-corrected chi connectivity index (χ2v) is 5.68. The zero-order valence-corrected chi connectivity index (χ0v) is 11.3. The van der Waals surface area contributed by atoms with Gasteiger partial charge in [0.15, 0.2) is 0 Å². The topological polar surface area (TPSA) is 75.6 Å².